The van der Waals surface area contributed by atoms with Gasteiger partial charge < -0.3 is 4.57 Å². The van der Waals surface area contributed by atoms with Gasteiger partial charge in [-0.1, -0.05) is 35.9 Å². The van der Waals surface area contributed by atoms with Gasteiger partial charge in [-0.05, 0) is 65.4 Å². The molecule has 0 atom stereocenters. The number of hydrogen-bond donors (Lipinski definition) is 0. The Morgan fingerprint density at radius 3 is 2.67 bits per heavy atom. The molecule has 0 aliphatic heterocycles. The van der Waals surface area contributed by atoms with Crippen LogP contribution in [-0.2, 0) is 12.8 Å². The van der Waals surface area contributed by atoms with Crippen molar-refractivity contribution in [1.29, 1.82) is 0 Å². The van der Waals surface area contributed by atoms with E-state index in [9.17, 15) is 0 Å². The topological polar surface area (TPSA) is 4.93 Å². The van der Waals surface area contributed by atoms with E-state index in [0.29, 0.717) is 0 Å². The first-order valence-corrected chi connectivity index (χ1v) is 8.50. The average Bonchev–Trinajstić information content (AvgIpc) is 2.85. The molecule has 3 aromatic rings. The van der Waals surface area contributed by atoms with Crippen LogP contribution in [-0.4, -0.2) is 4.57 Å². The van der Waals surface area contributed by atoms with Crippen LogP contribution < -0.4 is 0 Å². The van der Waals surface area contributed by atoms with Crippen molar-refractivity contribution >= 4 is 38.4 Å². The number of rotatable bonds is 1. The molecule has 0 bridgehead atoms. The average molecular weight is 361 g/mol. The van der Waals surface area contributed by atoms with Gasteiger partial charge in [-0.2, -0.15) is 0 Å². The first kappa shape index (κ1) is 13.4. The number of nitrogens with zero attached hydrogens (tertiary/aromatic N) is 1. The quantitative estimate of drug-likeness (QED) is 0.507. The molecule has 0 saturated heterocycles. The number of halogens is 2. The number of fused-ring (bicyclic) bond motifs is 3. The fourth-order valence-electron chi connectivity index (χ4n) is 3.44. The molecule has 0 fully saturated rings. The van der Waals surface area contributed by atoms with Crippen molar-refractivity contribution in [2.24, 2.45) is 0 Å². The SMILES string of the molecule is Clc1c(Br)cccc1-n1c2c(c3ccccc31)CCCC2. The van der Waals surface area contributed by atoms with E-state index in [1.807, 2.05) is 6.07 Å². The van der Waals surface area contributed by atoms with Crippen LogP contribution in [0, 0.1) is 0 Å². The van der Waals surface area contributed by atoms with E-state index in [1.54, 1.807) is 0 Å². The molecule has 0 saturated carbocycles. The highest BCUT2D eigenvalue weighted by atomic mass is 79.9. The molecule has 1 aliphatic rings. The molecule has 0 radical (unpaired) electrons. The van der Waals surface area contributed by atoms with E-state index in [0.717, 1.165) is 21.6 Å². The summed E-state index contributed by atoms with van der Waals surface area (Å²) in [5, 5.41) is 2.16. The zero-order valence-electron chi connectivity index (χ0n) is 11.6. The lowest BCUT2D eigenvalue weighted by Gasteiger charge is -2.17. The van der Waals surface area contributed by atoms with Crippen LogP contribution in [0.2, 0.25) is 5.02 Å². The fraction of sp³-hybridized carbons (Fsp3) is 0.222. The predicted molar refractivity (Wildman–Crippen MR) is 92.6 cm³/mol. The standard InChI is InChI=1S/C18H15BrClN/c19-14-8-5-11-17(18(14)20)21-15-9-3-1-6-12(15)13-7-2-4-10-16(13)21/h1,3,5-6,8-9,11H,2,4,7,10H2. The van der Waals surface area contributed by atoms with Crippen molar-refractivity contribution in [2.45, 2.75) is 25.7 Å². The third-order valence-electron chi connectivity index (χ3n) is 4.35. The van der Waals surface area contributed by atoms with Crippen molar-refractivity contribution in [3.63, 3.8) is 0 Å². The lowest BCUT2D eigenvalue weighted by Crippen LogP contribution is -2.07. The van der Waals surface area contributed by atoms with E-state index < -0.39 is 0 Å². The summed E-state index contributed by atoms with van der Waals surface area (Å²) >= 11 is 10.1. The summed E-state index contributed by atoms with van der Waals surface area (Å²) in [6.07, 6.45) is 4.85. The van der Waals surface area contributed by atoms with Gasteiger partial charge in [0, 0.05) is 15.6 Å². The van der Waals surface area contributed by atoms with Crippen molar-refractivity contribution in [1.82, 2.24) is 4.57 Å². The van der Waals surface area contributed by atoms with E-state index in [2.05, 4.69) is 56.9 Å². The maximum absolute atomic E-state index is 6.56. The second kappa shape index (κ2) is 5.19. The summed E-state index contributed by atoms with van der Waals surface area (Å²) < 4.78 is 3.31. The fourth-order valence-corrected chi connectivity index (χ4v) is 4.00. The predicted octanol–water partition coefficient (Wildman–Crippen LogP) is 5.93. The first-order chi connectivity index (χ1) is 10.3. The van der Waals surface area contributed by atoms with Crippen LogP contribution in [0.15, 0.2) is 46.9 Å². The van der Waals surface area contributed by atoms with Gasteiger partial charge in [-0.25, -0.2) is 0 Å². The molecule has 2 aromatic carbocycles. The van der Waals surface area contributed by atoms with Gasteiger partial charge in [0.2, 0.25) is 0 Å². The minimum atomic E-state index is 0.784. The van der Waals surface area contributed by atoms with Gasteiger partial charge in [0.15, 0.2) is 0 Å². The second-order valence-corrected chi connectivity index (χ2v) is 6.79. The summed E-state index contributed by atoms with van der Waals surface area (Å²) in [6.45, 7) is 0. The van der Waals surface area contributed by atoms with Crippen LogP contribution in [0.5, 0.6) is 0 Å². The molecule has 1 aromatic heterocycles. The highest BCUT2D eigenvalue weighted by molar-refractivity contribution is 9.10. The molecule has 4 rings (SSSR count). The Labute approximate surface area is 137 Å². The molecule has 106 valence electrons. The zero-order valence-corrected chi connectivity index (χ0v) is 13.9. The van der Waals surface area contributed by atoms with Crippen LogP contribution in [0.1, 0.15) is 24.1 Å². The molecular weight excluding hydrogens is 346 g/mol. The van der Waals surface area contributed by atoms with Crippen LogP contribution >= 0.6 is 27.5 Å². The maximum Gasteiger partial charge on any atom is 0.0788 e. The number of aromatic nitrogens is 1. The Bertz CT molecular complexity index is 835. The zero-order chi connectivity index (χ0) is 14.4. The Hall–Kier alpha value is -1.25. The third kappa shape index (κ3) is 2.04. The van der Waals surface area contributed by atoms with Crippen LogP contribution in [0.3, 0.4) is 0 Å². The number of aryl methyl sites for hydroxylation is 1. The van der Waals surface area contributed by atoms with E-state index in [1.165, 1.54) is 41.4 Å². The van der Waals surface area contributed by atoms with Gasteiger partial charge in [0.1, 0.15) is 0 Å². The smallest absolute Gasteiger partial charge is 0.0788 e. The number of hydrogen-bond acceptors (Lipinski definition) is 0. The van der Waals surface area contributed by atoms with E-state index in [4.69, 9.17) is 11.6 Å². The van der Waals surface area contributed by atoms with Crippen molar-refractivity contribution in [3.05, 3.63) is 63.2 Å². The molecule has 0 amide bonds. The monoisotopic (exact) mass is 359 g/mol. The molecule has 0 spiro atoms. The Morgan fingerprint density at radius 1 is 0.952 bits per heavy atom. The Balaban J connectivity index is 2.11. The molecule has 3 heteroatoms. The van der Waals surface area contributed by atoms with Gasteiger partial charge in [0.25, 0.3) is 0 Å². The molecule has 1 aliphatic carbocycles. The van der Waals surface area contributed by atoms with Crippen LogP contribution in [0.4, 0.5) is 0 Å². The molecule has 1 nitrogen and oxygen atoms in total. The Kier molecular flexibility index (Phi) is 3.31. The highest BCUT2D eigenvalue weighted by Crippen LogP contribution is 2.38. The van der Waals surface area contributed by atoms with Crippen molar-refractivity contribution in [2.75, 3.05) is 0 Å². The lowest BCUT2D eigenvalue weighted by molar-refractivity contribution is 0.667. The number of benzene rings is 2. The minimum Gasteiger partial charge on any atom is -0.312 e. The normalized spacial score (nSPS) is 14.4. The largest absolute Gasteiger partial charge is 0.312 e. The third-order valence-corrected chi connectivity index (χ3v) is 5.64. The van der Waals surface area contributed by atoms with Gasteiger partial charge in [-0.3, -0.25) is 0 Å². The maximum atomic E-state index is 6.56. The molecule has 0 unspecified atom stereocenters. The molecular formula is C18H15BrClN. The summed E-state index contributed by atoms with van der Waals surface area (Å²) in [7, 11) is 0. The Morgan fingerprint density at radius 2 is 1.76 bits per heavy atom. The highest BCUT2D eigenvalue weighted by Gasteiger charge is 2.21. The summed E-state index contributed by atoms with van der Waals surface area (Å²) in [5.74, 6) is 0. The lowest BCUT2D eigenvalue weighted by atomic mass is 9.95. The summed E-state index contributed by atoms with van der Waals surface area (Å²) in [5.41, 5.74) is 5.28. The van der Waals surface area contributed by atoms with Crippen molar-refractivity contribution < 1.29 is 0 Å². The number of para-hydroxylation sites is 1. The minimum absolute atomic E-state index is 0.784. The van der Waals surface area contributed by atoms with Gasteiger partial charge in [0.05, 0.1) is 16.2 Å². The summed E-state index contributed by atoms with van der Waals surface area (Å²) in [6, 6.07) is 14.8. The second-order valence-electron chi connectivity index (χ2n) is 5.56. The van der Waals surface area contributed by atoms with Gasteiger partial charge >= 0.3 is 0 Å². The van der Waals surface area contributed by atoms with E-state index in [-0.39, 0.29) is 0 Å². The molecule has 0 N–H and O–H groups in total. The van der Waals surface area contributed by atoms with Gasteiger partial charge in [-0.15, -0.1) is 0 Å². The van der Waals surface area contributed by atoms with Crippen molar-refractivity contribution in [3.8, 4) is 5.69 Å². The molecule has 1 heterocycles. The van der Waals surface area contributed by atoms with Crippen LogP contribution in [0.25, 0.3) is 16.6 Å². The van der Waals surface area contributed by atoms with E-state index >= 15 is 0 Å². The first-order valence-electron chi connectivity index (χ1n) is 7.33. The molecule has 21 heavy (non-hydrogen) atoms. The summed E-state index contributed by atoms with van der Waals surface area (Å²) in [4.78, 5) is 0.